The average molecular weight is 335 g/mol. The van der Waals surface area contributed by atoms with E-state index >= 15 is 0 Å². The van der Waals surface area contributed by atoms with E-state index in [0.29, 0.717) is 35.0 Å². The molecular weight excluding hydrogens is 316 g/mol. The third-order valence-corrected chi connectivity index (χ3v) is 4.54. The molecule has 6 heteroatoms. The van der Waals surface area contributed by atoms with Crippen LogP contribution in [0.1, 0.15) is 23.2 Å². The van der Waals surface area contributed by atoms with E-state index in [1.54, 1.807) is 30.1 Å². The van der Waals surface area contributed by atoms with E-state index in [1.807, 2.05) is 0 Å². The monoisotopic (exact) mass is 334 g/mol. The molecule has 1 N–H and O–H groups in total. The first-order chi connectivity index (χ1) is 11.1. The zero-order valence-electron chi connectivity index (χ0n) is 13.0. The zero-order chi connectivity index (χ0) is 16.4. The maximum Gasteiger partial charge on any atom is 0.259 e. The fourth-order valence-electron chi connectivity index (χ4n) is 3.00. The number of hydrogen-bond donors (Lipinski definition) is 1. The summed E-state index contributed by atoms with van der Waals surface area (Å²) in [6.07, 6.45) is 3.51. The number of rotatable bonds is 3. The van der Waals surface area contributed by atoms with Gasteiger partial charge in [-0.3, -0.25) is 9.59 Å². The predicted octanol–water partition coefficient (Wildman–Crippen LogP) is 2.68. The fourth-order valence-corrected chi connectivity index (χ4v) is 3.23. The van der Waals surface area contributed by atoms with Gasteiger partial charge in [-0.05, 0) is 30.9 Å². The van der Waals surface area contributed by atoms with Crippen molar-refractivity contribution in [1.82, 2.24) is 9.88 Å². The van der Waals surface area contributed by atoms with Crippen LogP contribution >= 0.6 is 11.6 Å². The lowest BCUT2D eigenvalue weighted by atomic mass is 10.0. The number of fused-ring (bicyclic) bond motifs is 1. The molecule has 1 amide bonds. The van der Waals surface area contributed by atoms with Crippen molar-refractivity contribution < 1.29 is 9.53 Å². The molecule has 0 radical (unpaired) electrons. The summed E-state index contributed by atoms with van der Waals surface area (Å²) in [4.78, 5) is 29.7. The fraction of sp³-hybridized carbons (Fsp3) is 0.412. The number of amides is 1. The van der Waals surface area contributed by atoms with Crippen molar-refractivity contribution >= 4 is 28.4 Å². The number of aromatic amines is 1. The summed E-state index contributed by atoms with van der Waals surface area (Å²) in [6, 6.07) is 5.08. The molecule has 5 nitrogen and oxygen atoms in total. The molecule has 0 saturated carbocycles. The molecule has 2 aromatic rings. The Morgan fingerprint density at radius 2 is 2.30 bits per heavy atom. The van der Waals surface area contributed by atoms with Gasteiger partial charge in [0.05, 0.1) is 17.1 Å². The topological polar surface area (TPSA) is 62.4 Å². The normalized spacial score (nSPS) is 18.1. The summed E-state index contributed by atoms with van der Waals surface area (Å²) in [6.45, 7) is 2.05. The first-order valence-corrected chi connectivity index (χ1v) is 8.09. The van der Waals surface area contributed by atoms with Crippen LogP contribution < -0.4 is 5.43 Å². The molecule has 1 fully saturated rings. The number of nitrogens with one attached hydrogen (secondary N) is 1. The number of nitrogens with zero attached hydrogens (tertiary/aromatic N) is 1. The van der Waals surface area contributed by atoms with Crippen molar-refractivity contribution in [3.8, 4) is 0 Å². The Kier molecular flexibility index (Phi) is 4.68. The van der Waals surface area contributed by atoms with Gasteiger partial charge >= 0.3 is 0 Å². The molecule has 1 aliphatic rings. The third-order valence-electron chi connectivity index (χ3n) is 4.23. The SMILES string of the molecule is CN(C[C@H]1CCCOC1)C(=O)c1c[nH]c2c(Cl)cccc2c1=O. The lowest BCUT2D eigenvalue weighted by molar-refractivity contribution is 0.0388. The number of ether oxygens (including phenoxy) is 1. The molecule has 1 saturated heterocycles. The molecule has 0 bridgehead atoms. The molecule has 0 spiro atoms. The highest BCUT2D eigenvalue weighted by molar-refractivity contribution is 6.35. The Hall–Kier alpha value is -1.85. The van der Waals surface area contributed by atoms with E-state index in [2.05, 4.69) is 4.98 Å². The lowest BCUT2D eigenvalue weighted by Crippen LogP contribution is -2.37. The van der Waals surface area contributed by atoms with Crippen LogP contribution in [-0.4, -0.2) is 42.6 Å². The number of hydrogen-bond acceptors (Lipinski definition) is 3. The van der Waals surface area contributed by atoms with Crippen LogP contribution in [0.15, 0.2) is 29.2 Å². The van der Waals surface area contributed by atoms with Crippen LogP contribution in [0.3, 0.4) is 0 Å². The standard InChI is InChI=1S/C17H19ClN2O3/c1-20(9-11-4-3-7-23-10-11)17(22)13-8-19-15-12(16(13)21)5-2-6-14(15)18/h2,5-6,8,11H,3-4,7,9-10H2,1H3,(H,19,21)/t11-/m1/s1. The van der Waals surface area contributed by atoms with Gasteiger partial charge in [-0.25, -0.2) is 0 Å². The molecule has 1 atom stereocenters. The van der Waals surface area contributed by atoms with Crippen LogP contribution in [0.2, 0.25) is 5.02 Å². The summed E-state index contributed by atoms with van der Waals surface area (Å²) in [5.41, 5.74) is 0.399. The number of benzene rings is 1. The van der Waals surface area contributed by atoms with Gasteiger partial charge in [0.25, 0.3) is 5.91 Å². The van der Waals surface area contributed by atoms with Crippen LogP contribution in [0.5, 0.6) is 0 Å². The van der Waals surface area contributed by atoms with E-state index < -0.39 is 0 Å². The number of aromatic nitrogens is 1. The number of carbonyl (C=O) groups is 1. The number of halogens is 1. The second-order valence-electron chi connectivity index (χ2n) is 5.96. The lowest BCUT2D eigenvalue weighted by Gasteiger charge is -2.27. The van der Waals surface area contributed by atoms with Gasteiger partial charge in [0.2, 0.25) is 5.43 Å². The molecule has 1 aliphatic heterocycles. The summed E-state index contributed by atoms with van der Waals surface area (Å²) < 4.78 is 5.44. The van der Waals surface area contributed by atoms with Crippen LogP contribution in [0.25, 0.3) is 10.9 Å². The molecule has 2 heterocycles. The highest BCUT2D eigenvalue weighted by Crippen LogP contribution is 2.19. The molecule has 3 rings (SSSR count). The minimum absolute atomic E-state index is 0.138. The molecule has 122 valence electrons. The quantitative estimate of drug-likeness (QED) is 0.938. The van der Waals surface area contributed by atoms with Gasteiger partial charge in [0.15, 0.2) is 0 Å². The minimum Gasteiger partial charge on any atom is -0.381 e. The Morgan fingerprint density at radius 1 is 1.48 bits per heavy atom. The number of H-pyrrole nitrogens is 1. The second kappa shape index (κ2) is 6.72. The van der Waals surface area contributed by atoms with Crippen LogP contribution in [0.4, 0.5) is 0 Å². The zero-order valence-corrected chi connectivity index (χ0v) is 13.7. The van der Waals surface area contributed by atoms with E-state index in [0.717, 1.165) is 19.4 Å². The Labute approximate surface area is 139 Å². The average Bonchev–Trinajstić information content (AvgIpc) is 2.56. The van der Waals surface area contributed by atoms with Gasteiger partial charge in [-0.1, -0.05) is 17.7 Å². The van der Waals surface area contributed by atoms with E-state index in [1.165, 1.54) is 6.20 Å². The van der Waals surface area contributed by atoms with Crippen molar-refractivity contribution in [2.75, 3.05) is 26.8 Å². The summed E-state index contributed by atoms with van der Waals surface area (Å²) in [5, 5.41) is 0.893. The maximum atomic E-state index is 12.6. The number of carbonyl (C=O) groups excluding carboxylic acids is 1. The number of para-hydroxylation sites is 1. The Bertz CT molecular complexity index is 781. The summed E-state index contributed by atoms with van der Waals surface area (Å²) in [7, 11) is 1.72. The first-order valence-electron chi connectivity index (χ1n) is 7.71. The van der Waals surface area contributed by atoms with Crippen molar-refractivity contribution in [1.29, 1.82) is 0 Å². The van der Waals surface area contributed by atoms with Gasteiger partial charge in [0.1, 0.15) is 5.56 Å². The van der Waals surface area contributed by atoms with Gasteiger partial charge in [-0.2, -0.15) is 0 Å². The van der Waals surface area contributed by atoms with E-state index in [4.69, 9.17) is 16.3 Å². The smallest absolute Gasteiger partial charge is 0.259 e. The molecule has 1 aromatic carbocycles. The summed E-state index contributed by atoms with van der Waals surface area (Å²) in [5.74, 6) is 0.0466. The van der Waals surface area contributed by atoms with E-state index in [-0.39, 0.29) is 16.9 Å². The molecule has 23 heavy (non-hydrogen) atoms. The molecular formula is C17H19ClN2O3. The Balaban J connectivity index is 1.85. The van der Waals surface area contributed by atoms with Crippen molar-refractivity contribution in [3.05, 3.63) is 45.2 Å². The molecule has 1 aromatic heterocycles. The van der Waals surface area contributed by atoms with Gasteiger partial charge in [0, 0.05) is 31.8 Å². The first kappa shape index (κ1) is 16.0. The van der Waals surface area contributed by atoms with E-state index in [9.17, 15) is 9.59 Å². The van der Waals surface area contributed by atoms with Crippen molar-refractivity contribution in [2.45, 2.75) is 12.8 Å². The summed E-state index contributed by atoms with van der Waals surface area (Å²) >= 11 is 6.07. The van der Waals surface area contributed by atoms with Crippen molar-refractivity contribution in [3.63, 3.8) is 0 Å². The van der Waals surface area contributed by atoms with Crippen LogP contribution in [0, 0.1) is 5.92 Å². The van der Waals surface area contributed by atoms with Crippen molar-refractivity contribution in [2.24, 2.45) is 5.92 Å². The van der Waals surface area contributed by atoms with Gasteiger partial charge in [-0.15, -0.1) is 0 Å². The highest BCUT2D eigenvalue weighted by atomic mass is 35.5. The predicted molar refractivity (Wildman–Crippen MR) is 90.1 cm³/mol. The molecule has 0 aliphatic carbocycles. The largest absolute Gasteiger partial charge is 0.381 e. The Morgan fingerprint density at radius 3 is 3.04 bits per heavy atom. The van der Waals surface area contributed by atoms with Crippen LogP contribution in [-0.2, 0) is 4.74 Å². The third kappa shape index (κ3) is 3.26. The second-order valence-corrected chi connectivity index (χ2v) is 6.37. The highest BCUT2D eigenvalue weighted by Gasteiger charge is 2.22. The maximum absolute atomic E-state index is 12.6. The molecule has 0 unspecified atom stereocenters. The van der Waals surface area contributed by atoms with Gasteiger partial charge < -0.3 is 14.6 Å². The minimum atomic E-state index is -0.294. The number of pyridine rings is 1.